The largest absolute Gasteiger partial charge is 0.494 e. The Balaban J connectivity index is 1.67. The molecule has 0 saturated carbocycles. The predicted molar refractivity (Wildman–Crippen MR) is 124 cm³/mol. The molecule has 174 valence electrons. The summed E-state index contributed by atoms with van der Waals surface area (Å²) in [6, 6.07) is 17.1. The Bertz CT molecular complexity index is 843. The molecule has 0 spiro atoms. The van der Waals surface area contributed by atoms with E-state index in [4.69, 9.17) is 14.2 Å². The predicted octanol–water partition coefficient (Wildman–Crippen LogP) is 5.87. The lowest BCUT2D eigenvalue weighted by atomic mass is 9.92. The second-order valence-corrected chi connectivity index (χ2v) is 9.08. The number of amides is 1. The SMILES string of the molecule is CC(C)(C)N(C(=O)O)C(c1ccccc1)c1cccc(OCCCCCC2OCCO2)c1. The van der Waals surface area contributed by atoms with Crippen molar-refractivity contribution >= 4 is 6.09 Å². The Morgan fingerprint density at radius 3 is 2.38 bits per heavy atom. The number of carboxylic acid groups (broad SMARTS) is 1. The van der Waals surface area contributed by atoms with E-state index >= 15 is 0 Å². The Hall–Kier alpha value is -2.57. The molecule has 6 heteroatoms. The fourth-order valence-electron chi connectivity index (χ4n) is 4.04. The van der Waals surface area contributed by atoms with Gasteiger partial charge in [0.1, 0.15) is 5.75 Å². The van der Waals surface area contributed by atoms with Crippen molar-refractivity contribution < 1.29 is 24.1 Å². The maximum absolute atomic E-state index is 12.3. The topological polar surface area (TPSA) is 68.2 Å². The number of carbonyl (C=O) groups is 1. The van der Waals surface area contributed by atoms with Gasteiger partial charge in [0.05, 0.1) is 25.9 Å². The van der Waals surface area contributed by atoms with E-state index < -0.39 is 17.7 Å². The van der Waals surface area contributed by atoms with Crippen molar-refractivity contribution in [2.45, 2.75) is 64.3 Å². The van der Waals surface area contributed by atoms with Gasteiger partial charge in [0.25, 0.3) is 0 Å². The highest BCUT2D eigenvalue weighted by Crippen LogP contribution is 2.35. The van der Waals surface area contributed by atoms with Gasteiger partial charge in [0.15, 0.2) is 6.29 Å². The van der Waals surface area contributed by atoms with Crippen LogP contribution >= 0.6 is 0 Å². The molecule has 1 amide bonds. The molecule has 1 aliphatic rings. The lowest BCUT2D eigenvalue weighted by molar-refractivity contribution is -0.0480. The quantitative estimate of drug-likeness (QED) is 0.467. The molecule has 1 saturated heterocycles. The zero-order valence-electron chi connectivity index (χ0n) is 19.3. The average Bonchev–Trinajstić information content (AvgIpc) is 3.27. The van der Waals surface area contributed by atoms with Gasteiger partial charge in [0.2, 0.25) is 0 Å². The molecule has 0 aliphatic carbocycles. The summed E-state index contributed by atoms with van der Waals surface area (Å²) in [4.78, 5) is 13.8. The summed E-state index contributed by atoms with van der Waals surface area (Å²) in [6.07, 6.45) is 2.97. The van der Waals surface area contributed by atoms with Crippen LogP contribution in [0.5, 0.6) is 5.75 Å². The number of hydrogen-bond acceptors (Lipinski definition) is 4. The molecule has 2 aromatic rings. The van der Waals surface area contributed by atoms with Crippen molar-refractivity contribution in [1.29, 1.82) is 0 Å². The van der Waals surface area contributed by atoms with Crippen LogP contribution in [0, 0.1) is 0 Å². The third kappa shape index (κ3) is 6.71. The van der Waals surface area contributed by atoms with Crippen molar-refractivity contribution in [1.82, 2.24) is 4.90 Å². The van der Waals surface area contributed by atoms with Crippen molar-refractivity contribution in [3.63, 3.8) is 0 Å². The highest BCUT2D eigenvalue weighted by molar-refractivity contribution is 5.68. The van der Waals surface area contributed by atoms with Gasteiger partial charge in [-0.15, -0.1) is 0 Å². The molecule has 1 N–H and O–H groups in total. The number of ether oxygens (including phenoxy) is 3. The Kier molecular flexibility index (Phi) is 8.53. The zero-order chi connectivity index (χ0) is 23.0. The monoisotopic (exact) mass is 441 g/mol. The first kappa shape index (κ1) is 24.1. The number of nitrogens with zero attached hydrogens (tertiary/aromatic N) is 1. The van der Waals surface area contributed by atoms with Gasteiger partial charge in [0, 0.05) is 5.54 Å². The molecular weight excluding hydrogens is 406 g/mol. The van der Waals surface area contributed by atoms with Gasteiger partial charge < -0.3 is 19.3 Å². The first-order valence-electron chi connectivity index (χ1n) is 11.4. The van der Waals surface area contributed by atoms with E-state index in [-0.39, 0.29) is 6.29 Å². The standard InChI is InChI=1S/C26H35NO5/c1-26(2,3)27(25(28)29)24(20-11-6-4-7-12-20)21-13-10-14-22(19-21)30-16-9-5-8-15-23-31-17-18-32-23/h4,6-7,10-14,19,23-24H,5,8-9,15-18H2,1-3H3,(H,28,29). The molecule has 0 radical (unpaired) electrons. The van der Waals surface area contributed by atoms with Crippen molar-refractivity contribution in [3.8, 4) is 5.75 Å². The normalized spacial score (nSPS) is 15.5. The minimum absolute atomic E-state index is 0.0393. The minimum atomic E-state index is -0.951. The number of benzene rings is 2. The lowest BCUT2D eigenvalue weighted by Gasteiger charge is -2.40. The number of unbranched alkanes of at least 4 members (excludes halogenated alkanes) is 2. The van der Waals surface area contributed by atoms with E-state index in [2.05, 4.69) is 0 Å². The molecule has 2 aromatic carbocycles. The Labute approximate surface area is 191 Å². The summed E-state index contributed by atoms with van der Waals surface area (Å²) in [7, 11) is 0. The summed E-state index contributed by atoms with van der Waals surface area (Å²) in [5.74, 6) is 0.755. The van der Waals surface area contributed by atoms with Crippen LogP contribution in [0.15, 0.2) is 54.6 Å². The molecule has 3 rings (SSSR count). The molecule has 1 unspecified atom stereocenters. The maximum Gasteiger partial charge on any atom is 0.408 e. The Morgan fingerprint density at radius 2 is 1.72 bits per heavy atom. The van der Waals surface area contributed by atoms with Crippen LogP contribution in [0.3, 0.4) is 0 Å². The van der Waals surface area contributed by atoms with Gasteiger partial charge in [-0.2, -0.15) is 0 Å². The average molecular weight is 442 g/mol. The first-order valence-corrected chi connectivity index (χ1v) is 11.4. The fourth-order valence-corrected chi connectivity index (χ4v) is 4.04. The van der Waals surface area contributed by atoms with Crippen LogP contribution in [-0.2, 0) is 9.47 Å². The van der Waals surface area contributed by atoms with Gasteiger partial charge in [-0.1, -0.05) is 42.5 Å². The molecule has 0 aromatic heterocycles. The van der Waals surface area contributed by atoms with Gasteiger partial charge in [-0.3, -0.25) is 4.90 Å². The number of rotatable bonds is 10. The van der Waals surface area contributed by atoms with E-state index in [1.807, 2.05) is 75.4 Å². The third-order valence-corrected chi connectivity index (χ3v) is 5.52. The zero-order valence-corrected chi connectivity index (χ0v) is 19.3. The molecule has 1 aliphatic heterocycles. The smallest absolute Gasteiger partial charge is 0.408 e. The summed E-state index contributed by atoms with van der Waals surface area (Å²) in [6.45, 7) is 7.76. The molecule has 1 fully saturated rings. The molecule has 6 nitrogen and oxygen atoms in total. The van der Waals surface area contributed by atoms with Crippen LogP contribution in [-0.4, -0.2) is 47.7 Å². The van der Waals surface area contributed by atoms with Gasteiger partial charge in [-0.05, 0) is 69.7 Å². The van der Waals surface area contributed by atoms with Crippen molar-refractivity contribution in [2.24, 2.45) is 0 Å². The fraction of sp³-hybridized carbons (Fsp3) is 0.500. The van der Waals surface area contributed by atoms with Gasteiger partial charge in [-0.25, -0.2) is 4.79 Å². The first-order chi connectivity index (χ1) is 15.4. The van der Waals surface area contributed by atoms with Crippen LogP contribution < -0.4 is 4.74 Å². The van der Waals surface area contributed by atoms with Crippen molar-refractivity contribution in [2.75, 3.05) is 19.8 Å². The second kappa shape index (κ2) is 11.3. The van der Waals surface area contributed by atoms with Crippen molar-refractivity contribution in [3.05, 3.63) is 65.7 Å². The van der Waals surface area contributed by atoms with Gasteiger partial charge >= 0.3 is 6.09 Å². The molecule has 0 bridgehead atoms. The van der Waals surface area contributed by atoms with E-state index in [9.17, 15) is 9.90 Å². The van der Waals surface area contributed by atoms with E-state index in [0.29, 0.717) is 19.8 Å². The van der Waals surface area contributed by atoms with E-state index in [1.54, 1.807) is 0 Å². The molecular formula is C26H35NO5. The van der Waals surface area contributed by atoms with E-state index in [0.717, 1.165) is 42.6 Å². The lowest BCUT2D eigenvalue weighted by Crippen LogP contribution is -2.47. The third-order valence-electron chi connectivity index (χ3n) is 5.52. The van der Waals surface area contributed by atoms with Crippen LogP contribution in [0.2, 0.25) is 0 Å². The summed E-state index contributed by atoms with van der Waals surface area (Å²) < 4.78 is 16.9. The molecule has 1 atom stereocenters. The summed E-state index contributed by atoms with van der Waals surface area (Å²) in [5, 5.41) is 10.1. The van der Waals surface area contributed by atoms with Crippen LogP contribution in [0.4, 0.5) is 4.79 Å². The maximum atomic E-state index is 12.3. The molecule has 1 heterocycles. The van der Waals surface area contributed by atoms with Crippen LogP contribution in [0.25, 0.3) is 0 Å². The minimum Gasteiger partial charge on any atom is -0.494 e. The highest BCUT2D eigenvalue weighted by atomic mass is 16.7. The second-order valence-electron chi connectivity index (χ2n) is 9.08. The molecule has 32 heavy (non-hydrogen) atoms. The Morgan fingerprint density at radius 1 is 1.03 bits per heavy atom. The summed E-state index contributed by atoms with van der Waals surface area (Å²) >= 11 is 0. The highest BCUT2D eigenvalue weighted by Gasteiger charge is 2.35. The summed E-state index contributed by atoms with van der Waals surface area (Å²) in [5.41, 5.74) is 1.25. The number of hydrogen-bond donors (Lipinski definition) is 1. The van der Waals surface area contributed by atoms with Crippen LogP contribution in [0.1, 0.15) is 63.6 Å². The van der Waals surface area contributed by atoms with E-state index in [1.165, 1.54) is 4.90 Å².